The van der Waals surface area contributed by atoms with Gasteiger partial charge in [0.1, 0.15) is 0 Å². The molecule has 0 aromatic rings. The second kappa shape index (κ2) is 3.98. The third kappa shape index (κ3) is 1.75. The largest absolute Gasteiger partial charge is 0.316 e. The molecule has 0 spiro atoms. The quantitative estimate of drug-likeness (QED) is 0.779. The van der Waals surface area contributed by atoms with Crippen molar-refractivity contribution in [1.82, 2.24) is 10.2 Å². The summed E-state index contributed by atoms with van der Waals surface area (Å²) in [6, 6.07) is 0. The van der Waals surface area contributed by atoms with Crippen LogP contribution in [-0.4, -0.2) is 36.6 Å². The molecule has 106 valence electrons. The molecule has 6 aliphatic rings. The monoisotopic (exact) mass is 260 g/mol. The lowest BCUT2D eigenvalue weighted by molar-refractivity contribution is -0.112. The molecule has 2 aliphatic heterocycles. The zero-order chi connectivity index (χ0) is 12.4. The standard InChI is InChI=1S/C17H28N2/c1-12-2-14-3-13(1)6-17(5-12,7-14)19-10-15-4-16(11-19)9-18-8-15/h12-16,18H,1-11H2. The molecule has 6 bridgehead atoms. The summed E-state index contributed by atoms with van der Waals surface area (Å²) in [4.78, 5) is 3.01. The van der Waals surface area contributed by atoms with Gasteiger partial charge in [0.2, 0.25) is 0 Å². The van der Waals surface area contributed by atoms with E-state index in [9.17, 15) is 0 Å². The van der Waals surface area contributed by atoms with E-state index >= 15 is 0 Å². The first kappa shape index (κ1) is 11.6. The van der Waals surface area contributed by atoms with Crippen LogP contribution in [0.15, 0.2) is 0 Å². The molecule has 0 radical (unpaired) electrons. The number of rotatable bonds is 1. The molecule has 0 amide bonds. The van der Waals surface area contributed by atoms with Gasteiger partial charge in [-0.25, -0.2) is 0 Å². The fourth-order valence-electron chi connectivity index (χ4n) is 6.95. The molecular weight excluding hydrogens is 232 g/mol. The van der Waals surface area contributed by atoms with Gasteiger partial charge >= 0.3 is 0 Å². The fraction of sp³-hybridized carbons (Fsp3) is 1.00. The molecule has 1 N–H and O–H groups in total. The van der Waals surface area contributed by atoms with Crippen molar-refractivity contribution >= 4 is 0 Å². The van der Waals surface area contributed by atoms with Crippen LogP contribution in [0.5, 0.6) is 0 Å². The highest BCUT2D eigenvalue weighted by Gasteiger charge is 2.54. The van der Waals surface area contributed by atoms with Crippen molar-refractivity contribution in [2.75, 3.05) is 26.2 Å². The molecule has 2 heteroatoms. The fourth-order valence-corrected chi connectivity index (χ4v) is 6.95. The average molecular weight is 260 g/mol. The van der Waals surface area contributed by atoms with Crippen molar-refractivity contribution < 1.29 is 0 Å². The highest BCUT2D eigenvalue weighted by atomic mass is 15.2. The second-order valence-corrected chi connectivity index (χ2v) is 8.67. The van der Waals surface area contributed by atoms with E-state index in [0.29, 0.717) is 5.54 Å². The highest BCUT2D eigenvalue weighted by molar-refractivity contribution is 5.09. The Kier molecular flexibility index (Phi) is 2.42. The maximum atomic E-state index is 3.65. The lowest BCUT2D eigenvalue weighted by Gasteiger charge is -2.62. The molecule has 19 heavy (non-hydrogen) atoms. The molecule has 6 rings (SSSR count). The molecule has 0 aromatic carbocycles. The first-order valence-electron chi connectivity index (χ1n) is 8.75. The molecule has 2 nitrogen and oxygen atoms in total. The van der Waals surface area contributed by atoms with E-state index in [4.69, 9.17) is 0 Å². The minimum Gasteiger partial charge on any atom is -0.316 e. The van der Waals surface area contributed by atoms with Gasteiger partial charge < -0.3 is 5.32 Å². The Hall–Kier alpha value is -0.0800. The van der Waals surface area contributed by atoms with Gasteiger partial charge in [0.05, 0.1) is 0 Å². The van der Waals surface area contributed by atoms with Gasteiger partial charge in [-0.15, -0.1) is 0 Å². The minimum atomic E-state index is 0.670. The van der Waals surface area contributed by atoms with Gasteiger partial charge in [-0.3, -0.25) is 4.90 Å². The Balaban J connectivity index is 1.43. The van der Waals surface area contributed by atoms with E-state index in [2.05, 4.69) is 10.2 Å². The second-order valence-electron chi connectivity index (χ2n) is 8.67. The topological polar surface area (TPSA) is 15.3 Å². The summed E-state index contributed by atoms with van der Waals surface area (Å²) < 4.78 is 0. The number of hydrogen-bond acceptors (Lipinski definition) is 2. The van der Waals surface area contributed by atoms with Gasteiger partial charge in [0.15, 0.2) is 0 Å². The average Bonchev–Trinajstić information content (AvgIpc) is 2.36. The number of hydrogen-bond donors (Lipinski definition) is 1. The minimum absolute atomic E-state index is 0.670. The van der Waals surface area contributed by atoms with Crippen molar-refractivity contribution in [1.29, 1.82) is 0 Å². The molecule has 4 aliphatic carbocycles. The van der Waals surface area contributed by atoms with E-state index in [0.717, 1.165) is 29.6 Å². The SMILES string of the molecule is C1NCC2CC1CN(C13CC4CC(CC(C4)C1)C3)C2. The number of fused-ring (bicyclic) bond motifs is 2. The smallest absolute Gasteiger partial charge is 0.0217 e. The maximum Gasteiger partial charge on any atom is 0.0217 e. The van der Waals surface area contributed by atoms with Gasteiger partial charge in [-0.05, 0) is 87.6 Å². The molecule has 2 unspecified atom stereocenters. The molecular formula is C17H28N2. The zero-order valence-electron chi connectivity index (χ0n) is 12.1. The molecule has 4 saturated carbocycles. The first-order chi connectivity index (χ1) is 9.29. The van der Waals surface area contributed by atoms with Crippen LogP contribution in [0, 0.1) is 29.6 Å². The van der Waals surface area contributed by atoms with Crippen LogP contribution in [0.2, 0.25) is 0 Å². The van der Waals surface area contributed by atoms with Crippen LogP contribution in [0.4, 0.5) is 0 Å². The molecule has 2 atom stereocenters. The summed E-state index contributed by atoms with van der Waals surface area (Å²) in [5.74, 6) is 5.23. The predicted molar refractivity (Wildman–Crippen MR) is 76.9 cm³/mol. The predicted octanol–water partition coefficient (Wildman–Crippen LogP) is 2.50. The summed E-state index contributed by atoms with van der Waals surface area (Å²) in [5.41, 5.74) is 0.670. The summed E-state index contributed by atoms with van der Waals surface area (Å²) in [6.07, 6.45) is 10.9. The number of nitrogens with zero attached hydrogens (tertiary/aromatic N) is 1. The van der Waals surface area contributed by atoms with Crippen LogP contribution in [0.3, 0.4) is 0 Å². The third-order valence-electron chi connectivity index (χ3n) is 7.17. The van der Waals surface area contributed by atoms with Crippen LogP contribution in [0.1, 0.15) is 44.9 Å². The molecule has 6 fully saturated rings. The Bertz CT molecular complexity index is 330. The van der Waals surface area contributed by atoms with E-state index in [1.165, 1.54) is 32.6 Å². The number of nitrogens with one attached hydrogen (secondary N) is 1. The van der Waals surface area contributed by atoms with Crippen molar-refractivity contribution in [3.63, 3.8) is 0 Å². The van der Waals surface area contributed by atoms with Crippen LogP contribution >= 0.6 is 0 Å². The van der Waals surface area contributed by atoms with E-state index in [-0.39, 0.29) is 0 Å². The van der Waals surface area contributed by atoms with E-state index in [1.807, 2.05) is 0 Å². The van der Waals surface area contributed by atoms with Gasteiger partial charge in [0.25, 0.3) is 0 Å². The maximum absolute atomic E-state index is 3.65. The van der Waals surface area contributed by atoms with Gasteiger partial charge in [0, 0.05) is 18.6 Å². The van der Waals surface area contributed by atoms with E-state index < -0.39 is 0 Å². The summed E-state index contributed by atoms with van der Waals surface area (Å²) in [6.45, 7) is 5.41. The third-order valence-corrected chi connectivity index (χ3v) is 7.17. The molecule has 0 aromatic heterocycles. The van der Waals surface area contributed by atoms with Crippen molar-refractivity contribution in [3.8, 4) is 0 Å². The van der Waals surface area contributed by atoms with Gasteiger partial charge in [-0.1, -0.05) is 0 Å². The zero-order valence-corrected chi connectivity index (χ0v) is 12.1. The summed E-state index contributed by atoms with van der Waals surface area (Å²) in [7, 11) is 0. The number of likely N-dealkylation sites (tertiary alicyclic amines) is 1. The highest BCUT2D eigenvalue weighted by Crippen LogP contribution is 2.58. The Morgan fingerprint density at radius 1 is 0.684 bits per heavy atom. The van der Waals surface area contributed by atoms with Crippen LogP contribution in [0.25, 0.3) is 0 Å². The Morgan fingerprint density at radius 3 is 1.68 bits per heavy atom. The molecule has 2 saturated heterocycles. The molecule has 2 heterocycles. The Labute approximate surface area is 117 Å². The lowest BCUT2D eigenvalue weighted by atomic mass is 9.52. The van der Waals surface area contributed by atoms with Crippen LogP contribution < -0.4 is 5.32 Å². The van der Waals surface area contributed by atoms with Crippen molar-refractivity contribution in [2.24, 2.45) is 29.6 Å². The number of piperidine rings is 2. The van der Waals surface area contributed by atoms with Crippen molar-refractivity contribution in [2.45, 2.75) is 50.5 Å². The van der Waals surface area contributed by atoms with Crippen molar-refractivity contribution in [3.05, 3.63) is 0 Å². The van der Waals surface area contributed by atoms with E-state index in [1.54, 1.807) is 38.5 Å². The summed E-state index contributed by atoms with van der Waals surface area (Å²) in [5, 5.41) is 3.65. The van der Waals surface area contributed by atoms with Crippen LogP contribution in [-0.2, 0) is 0 Å². The first-order valence-corrected chi connectivity index (χ1v) is 8.75. The lowest BCUT2D eigenvalue weighted by Crippen LogP contribution is -2.64. The van der Waals surface area contributed by atoms with Gasteiger partial charge in [-0.2, -0.15) is 0 Å². The normalized spacial score (nSPS) is 56.5. The summed E-state index contributed by atoms with van der Waals surface area (Å²) >= 11 is 0. The Morgan fingerprint density at radius 2 is 1.16 bits per heavy atom.